The van der Waals surface area contributed by atoms with Crippen molar-refractivity contribution < 1.29 is 24.2 Å². The summed E-state index contributed by atoms with van der Waals surface area (Å²) in [7, 11) is 0. The van der Waals surface area contributed by atoms with E-state index in [4.69, 9.17) is 14.6 Å². The van der Waals surface area contributed by atoms with Crippen LogP contribution in [0.5, 0.6) is 5.75 Å². The number of nitrogens with zero attached hydrogens (tertiary/aromatic N) is 3. The van der Waals surface area contributed by atoms with Crippen molar-refractivity contribution in [3.63, 3.8) is 0 Å². The summed E-state index contributed by atoms with van der Waals surface area (Å²) in [5.41, 5.74) is -0.477. The number of aromatic nitrogens is 2. The van der Waals surface area contributed by atoms with Gasteiger partial charge in [0.15, 0.2) is 6.73 Å². The molecule has 2 heterocycles. The molecular weight excluding hydrogens is 378 g/mol. The number of ether oxygens (including phenoxy) is 2. The molecule has 0 spiro atoms. The Morgan fingerprint density at radius 2 is 1.93 bits per heavy atom. The number of carbonyl (C=O) groups excluding carboxylic acids is 1. The Morgan fingerprint density at radius 1 is 1.24 bits per heavy atom. The highest BCUT2D eigenvalue weighted by Gasteiger charge is 2.24. The smallest absolute Gasteiger partial charge is 0.407 e. The topological polar surface area (TPSA) is 111 Å². The molecular formula is C20H25N3O6. The molecule has 1 fully saturated rings. The first-order chi connectivity index (χ1) is 13.6. The van der Waals surface area contributed by atoms with Gasteiger partial charge in [-0.3, -0.25) is 14.2 Å². The highest BCUT2D eigenvalue weighted by Crippen LogP contribution is 2.22. The lowest BCUT2D eigenvalue weighted by atomic mass is 9.98. The van der Waals surface area contributed by atoms with Gasteiger partial charge in [-0.25, -0.2) is 9.78 Å². The number of amides is 1. The van der Waals surface area contributed by atoms with Crippen molar-refractivity contribution in [2.75, 3.05) is 13.1 Å². The van der Waals surface area contributed by atoms with E-state index in [1.54, 1.807) is 39.0 Å². The average Bonchev–Trinajstić information content (AvgIpc) is 2.67. The molecule has 1 aromatic carbocycles. The monoisotopic (exact) mass is 403 g/mol. The van der Waals surface area contributed by atoms with Gasteiger partial charge in [0.25, 0.3) is 5.56 Å². The number of hydrogen-bond donors (Lipinski definition) is 1. The van der Waals surface area contributed by atoms with Crippen molar-refractivity contribution in [3.05, 3.63) is 34.9 Å². The summed E-state index contributed by atoms with van der Waals surface area (Å²) in [5.74, 6) is 0.115. The Hall–Kier alpha value is -3.10. The molecule has 1 aliphatic heterocycles. The molecule has 9 nitrogen and oxygen atoms in total. The van der Waals surface area contributed by atoms with Crippen molar-refractivity contribution in [1.82, 2.24) is 14.5 Å². The Balaban J connectivity index is 1.73. The second-order valence-electron chi connectivity index (χ2n) is 8.10. The molecule has 0 atom stereocenters. The minimum absolute atomic E-state index is 0.116. The second-order valence-corrected chi connectivity index (χ2v) is 8.10. The SMILES string of the molecule is CC(C)(C)C(=O)OCn1cnc2ccc(OC3CCN(C(=O)O)CC3)cc2c1=O. The van der Waals surface area contributed by atoms with Gasteiger partial charge in [-0.2, -0.15) is 0 Å². The molecule has 1 N–H and O–H groups in total. The van der Waals surface area contributed by atoms with Gasteiger partial charge in [-0.05, 0) is 39.0 Å². The van der Waals surface area contributed by atoms with Crippen LogP contribution >= 0.6 is 0 Å². The van der Waals surface area contributed by atoms with Gasteiger partial charge >= 0.3 is 12.1 Å². The van der Waals surface area contributed by atoms with E-state index < -0.39 is 17.5 Å². The van der Waals surface area contributed by atoms with Gasteiger partial charge < -0.3 is 19.5 Å². The van der Waals surface area contributed by atoms with E-state index in [-0.39, 0.29) is 18.4 Å². The van der Waals surface area contributed by atoms with Crippen molar-refractivity contribution in [3.8, 4) is 5.75 Å². The molecule has 9 heteroatoms. The Morgan fingerprint density at radius 3 is 2.55 bits per heavy atom. The van der Waals surface area contributed by atoms with E-state index in [1.807, 2.05) is 0 Å². The number of carboxylic acid groups (broad SMARTS) is 1. The molecule has 29 heavy (non-hydrogen) atoms. The number of hydrogen-bond acceptors (Lipinski definition) is 6. The lowest BCUT2D eigenvalue weighted by Crippen LogP contribution is -2.41. The summed E-state index contributed by atoms with van der Waals surface area (Å²) in [4.78, 5) is 41.3. The highest BCUT2D eigenvalue weighted by molar-refractivity contribution is 5.79. The third-order valence-electron chi connectivity index (χ3n) is 4.76. The molecule has 1 aromatic heterocycles. The van der Waals surface area contributed by atoms with Crippen LogP contribution in [0, 0.1) is 5.41 Å². The summed E-state index contributed by atoms with van der Waals surface area (Å²) in [6.07, 6.45) is 1.49. The molecule has 0 saturated carbocycles. The summed E-state index contributed by atoms with van der Waals surface area (Å²) in [6.45, 7) is 5.84. The third kappa shape index (κ3) is 4.85. The first-order valence-corrected chi connectivity index (χ1v) is 9.46. The van der Waals surface area contributed by atoms with E-state index in [0.717, 1.165) is 0 Å². The van der Waals surface area contributed by atoms with Crippen LogP contribution in [0.2, 0.25) is 0 Å². The molecule has 0 radical (unpaired) electrons. The van der Waals surface area contributed by atoms with E-state index in [0.29, 0.717) is 42.6 Å². The molecule has 0 unspecified atom stereocenters. The number of likely N-dealkylation sites (tertiary alicyclic amines) is 1. The fraction of sp³-hybridized carbons (Fsp3) is 0.500. The maximum Gasteiger partial charge on any atom is 0.407 e. The van der Waals surface area contributed by atoms with Crippen molar-refractivity contribution >= 4 is 23.0 Å². The minimum Gasteiger partial charge on any atom is -0.490 e. The Bertz CT molecular complexity index is 970. The lowest BCUT2D eigenvalue weighted by Gasteiger charge is -2.30. The molecule has 1 saturated heterocycles. The number of benzene rings is 1. The first kappa shape index (κ1) is 20.6. The first-order valence-electron chi connectivity index (χ1n) is 9.46. The van der Waals surface area contributed by atoms with Crippen LogP contribution in [-0.4, -0.2) is 50.8 Å². The van der Waals surface area contributed by atoms with Crippen LogP contribution in [0.25, 0.3) is 10.9 Å². The van der Waals surface area contributed by atoms with Crippen LogP contribution < -0.4 is 10.3 Å². The standard InChI is InChI=1S/C20H25N3O6/c1-20(2,3)18(25)28-12-23-11-21-16-5-4-14(10-15(16)17(23)24)29-13-6-8-22(9-7-13)19(26)27/h4-5,10-11,13H,6-9,12H2,1-3H3,(H,26,27). The summed E-state index contributed by atoms with van der Waals surface area (Å²) in [5, 5.41) is 9.38. The molecule has 1 amide bonds. The van der Waals surface area contributed by atoms with E-state index in [2.05, 4.69) is 4.98 Å². The quantitative estimate of drug-likeness (QED) is 0.781. The highest BCUT2D eigenvalue weighted by atomic mass is 16.5. The van der Waals surface area contributed by atoms with Crippen molar-refractivity contribution in [1.29, 1.82) is 0 Å². The lowest BCUT2D eigenvalue weighted by molar-refractivity contribution is -0.157. The number of esters is 1. The minimum atomic E-state index is -0.923. The summed E-state index contributed by atoms with van der Waals surface area (Å²) >= 11 is 0. The zero-order chi connectivity index (χ0) is 21.2. The van der Waals surface area contributed by atoms with Gasteiger partial charge in [0.2, 0.25) is 0 Å². The third-order valence-corrected chi connectivity index (χ3v) is 4.76. The normalized spacial score (nSPS) is 15.3. The predicted octanol–water partition coefficient (Wildman–Crippen LogP) is 2.46. The van der Waals surface area contributed by atoms with Crippen LogP contribution in [0.3, 0.4) is 0 Å². The Kier molecular flexibility index (Phi) is 5.76. The number of rotatable bonds is 4. The fourth-order valence-corrected chi connectivity index (χ4v) is 3.01. The van der Waals surface area contributed by atoms with E-state index in [1.165, 1.54) is 15.8 Å². The maximum absolute atomic E-state index is 12.8. The van der Waals surface area contributed by atoms with Crippen LogP contribution in [0.4, 0.5) is 4.79 Å². The number of carbonyl (C=O) groups is 2. The largest absolute Gasteiger partial charge is 0.490 e. The fourth-order valence-electron chi connectivity index (χ4n) is 3.01. The van der Waals surface area contributed by atoms with Gasteiger partial charge in [0.1, 0.15) is 18.2 Å². The molecule has 2 aromatic rings. The average molecular weight is 403 g/mol. The zero-order valence-electron chi connectivity index (χ0n) is 16.8. The second kappa shape index (κ2) is 8.10. The van der Waals surface area contributed by atoms with Crippen LogP contribution in [0.15, 0.2) is 29.3 Å². The number of piperidine rings is 1. The molecule has 1 aliphatic rings. The zero-order valence-corrected chi connectivity index (χ0v) is 16.8. The van der Waals surface area contributed by atoms with Crippen LogP contribution in [-0.2, 0) is 16.3 Å². The van der Waals surface area contributed by atoms with Gasteiger partial charge in [0.05, 0.1) is 16.3 Å². The Labute approximate surface area is 167 Å². The van der Waals surface area contributed by atoms with Crippen molar-refractivity contribution in [2.45, 2.75) is 46.4 Å². The molecule has 0 aliphatic carbocycles. The summed E-state index contributed by atoms with van der Waals surface area (Å²) < 4.78 is 12.4. The predicted molar refractivity (Wildman–Crippen MR) is 105 cm³/mol. The van der Waals surface area contributed by atoms with Crippen molar-refractivity contribution in [2.24, 2.45) is 5.41 Å². The maximum atomic E-state index is 12.8. The van der Waals surface area contributed by atoms with E-state index >= 15 is 0 Å². The van der Waals surface area contributed by atoms with Gasteiger partial charge in [0, 0.05) is 25.9 Å². The van der Waals surface area contributed by atoms with E-state index in [9.17, 15) is 14.4 Å². The molecule has 0 bridgehead atoms. The molecule has 3 rings (SSSR count). The van der Waals surface area contributed by atoms with Gasteiger partial charge in [-0.1, -0.05) is 0 Å². The van der Waals surface area contributed by atoms with Gasteiger partial charge in [-0.15, -0.1) is 0 Å². The van der Waals surface area contributed by atoms with Crippen LogP contribution in [0.1, 0.15) is 33.6 Å². The number of fused-ring (bicyclic) bond motifs is 1. The summed E-state index contributed by atoms with van der Waals surface area (Å²) in [6, 6.07) is 5.06. The molecule has 156 valence electrons.